The zero-order valence-corrected chi connectivity index (χ0v) is 8.93. The second-order valence-electron chi connectivity index (χ2n) is 3.47. The average Bonchev–Trinajstić information content (AvgIpc) is 2.43. The summed E-state index contributed by atoms with van der Waals surface area (Å²) in [6.07, 6.45) is 0. The summed E-state index contributed by atoms with van der Waals surface area (Å²) in [6.45, 7) is 1.90. The molecule has 1 heterocycles. The Kier molecular flexibility index (Phi) is 2.36. The molecule has 1 N–H and O–H groups in total. The van der Waals surface area contributed by atoms with Gasteiger partial charge in [0.1, 0.15) is 5.92 Å². The molecule has 0 bridgehead atoms. The van der Waals surface area contributed by atoms with Crippen molar-refractivity contribution in [3.05, 3.63) is 35.4 Å². The Bertz CT molecular complexity index is 467. The first-order chi connectivity index (χ1) is 7.11. The second kappa shape index (κ2) is 3.55. The number of hydrogen-bond donors (Lipinski definition) is 1. The number of imide groups is 1. The first-order valence-corrected chi connectivity index (χ1v) is 4.96. The van der Waals surface area contributed by atoms with E-state index in [-0.39, 0.29) is 10.8 Å². The second-order valence-corrected chi connectivity index (χ2v) is 3.91. The minimum atomic E-state index is -0.589. The fraction of sp³-hybridized carbons (Fsp3) is 0.182. The van der Waals surface area contributed by atoms with Crippen LogP contribution in [-0.4, -0.2) is 16.7 Å². The van der Waals surface area contributed by atoms with Crippen molar-refractivity contribution in [2.75, 3.05) is 0 Å². The van der Waals surface area contributed by atoms with Gasteiger partial charge in [0.15, 0.2) is 0 Å². The van der Waals surface area contributed by atoms with Gasteiger partial charge in [0.25, 0.3) is 5.91 Å². The molecule has 1 unspecified atom stereocenters. The number of amides is 2. The van der Waals surface area contributed by atoms with Gasteiger partial charge in [0, 0.05) is 0 Å². The summed E-state index contributed by atoms with van der Waals surface area (Å²) in [6, 6.07) is 7.44. The molecule has 1 fully saturated rings. The van der Waals surface area contributed by atoms with E-state index in [9.17, 15) is 9.59 Å². The largest absolute Gasteiger partial charge is 0.291 e. The zero-order chi connectivity index (χ0) is 11.0. The van der Waals surface area contributed by atoms with Crippen LogP contribution in [0.2, 0.25) is 0 Å². The van der Waals surface area contributed by atoms with Crippen LogP contribution in [0.25, 0.3) is 0 Å². The summed E-state index contributed by atoms with van der Waals surface area (Å²) < 4.78 is 0. The van der Waals surface area contributed by atoms with Gasteiger partial charge >= 0.3 is 0 Å². The lowest BCUT2D eigenvalue weighted by atomic mass is 9.93. The highest BCUT2D eigenvalue weighted by atomic mass is 32.1. The molecular formula is C11H9NO2S. The third-order valence-electron chi connectivity index (χ3n) is 2.48. The van der Waals surface area contributed by atoms with Gasteiger partial charge in [-0.05, 0) is 18.1 Å². The van der Waals surface area contributed by atoms with Crippen LogP contribution in [0, 0.1) is 6.92 Å². The fourth-order valence-corrected chi connectivity index (χ4v) is 1.97. The summed E-state index contributed by atoms with van der Waals surface area (Å²) in [5.41, 5.74) is 1.78. The van der Waals surface area contributed by atoms with Gasteiger partial charge in [-0.2, -0.15) is 0 Å². The molecule has 0 spiro atoms. The molecule has 1 atom stereocenters. The Morgan fingerprint density at radius 3 is 2.47 bits per heavy atom. The van der Waals surface area contributed by atoms with Crippen molar-refractivity contribution in [3.63, 3.8) is 0 Å². The lowest BCUT2D eigenvalue weighted by molar-refractivity contribution is -0.124. The molecule has 0 radical (unpaired) electrons. The number of nitrogens with one attached hydrogen (secondary N) is 1. The number of rotatable bonds is 1. The molecule has 2 rings (SSSR count). The van der Waals surface area contributed by atoms with Gasteiger partial charge in [-0.1, -0.05) is 36.5 Å². The number of hydrogen-bond acceptors (Lipinski definition) is 3. The third-order valence-corrected chi connectivity index (χ3v) is 2.91. The van der Waals surface area contributed by atoms with Crippen molar-refractivity contribution < 1.29 is 9.59 Å². The minimum absolute atomic E-state index is 0.161. The summed E-state index contributed by atoms with van der Waals surface area (Å²) in [7, 11) is 0. The maximum Gasteiger partial charge on any atom is 0.265 e. The van der Waals surface area contributed by atoms with Gasteiger partial charge < -0.3 is 0 Å². The maximum absolute atomic E-state index is 11.5. The van der Waals surface area contributed by atoms with Gasteiger partial charge in [0.2, 0.25) is 5.91 Å². The first kappa shape index (κ1) is 9.98. The van der Waals surface area contributed by atoms with Crippen LogP contribution in [-0.2, 0) is 9.59 Å². The van der Waals surface area contributed by atoms with E-state index in [1.807, 2.05) is 31.2 Å². The summed E-state index contributed by atoms with van der Waals surface area (Å²) in [4.78, 5) is 22.9. The SMILES string of the molecule is Cc1ccccc1C1C(=O)NC(=O)C1=S. The Labute approximate surface area is 92.5 Å². The molecule has 1 aromatic rings. The molecule has 1 aromatic carbocycles. The quantitative estimate of drug-likeness (QED) is 0.568. The standard InChI is InChI=1S/C11H9NO2S/c1-6-4-2-3-5-7(6)8-9(15)11(14)12-10(8)13/h2-5,8H,1H3,(H,12,13,14). The van der Waals surface area contributed by atoms with E-state index >= 15 is 0 Å². The highest BCUT2D eigenvalue weighted by molar-refractivity contribution is 7.82. The molecule has 76 valence electrons. The van der Waals surface area contributed by atoms with Crippen molar-refractivity contribution >= 4 is 28.9 Å². The van der Waals surface area contributed by atoms with Crippen LogP contribution in [0.15, 0.2) is 24.3 Å². The molecule has 4 heteroatoms. The number of carbonyl (C=O) groups excluding carboxylic acids is 2. The smallest absolute Gasteiger partial charge is 0.265 e. The Morgan fingerprint density at radius 2 is 1.93 bits per heavy atom. The molecule has 3 nitrogen and oxygen atoms in total. The van der Waals surface area contributed by atoms with Crippen LogP contribution in [0.4, 0.5) is 0 Å². The number of thiocarbonyl (C=S) groups is 1. The molecule has 0 aliphatic carbocycles. The van der Waals surface area contributed by atoms with Gasteiger partial charge in [-0.3, -0.25) is 14.9 Å². The van der Waals surface area contributed by atoms with Crippen molar-refractivity contribution in [2.24, 2.45) is 0 Å². The van der Waals surface area contributed by atoms with Crippen LogP contribution in [0.1, 0.15) is 17.0 Å². The molecule has 1 aliphatic rings. The Balaban J connectivity index is 2.48. The van der Waals surface area contributed by atoms with E-state index in [4.69, 9.17) is 12.2 Å². The van der Waals surface area contributed by atoms with Gasteiger partial charge in [-0.25, -0.2) is 0 Å². The van der Waals surface area contributed by atoms with E-state index < -0.39 is 11.8 Å². The number of carbonyl (C=O) groups is 2. The summed E-state index contributed by atoms with van der Waals surface area (Å²) in [5, 5.41) is 2.22. The minimum Gasteiger partial charge on any atom is -0.291 e. The van der Waals surface area contributed by atoms with E-state index in [2.05, 4.69) is 5.32 Å². The zero-order valence-electron chi connectivity index (χ0n) is 8.11. The van der Waals surface area contributed by atoms with Crippen molar-refractivity contribution in [1.29, 1.82) is 0 Å². The summed E-state index contributed by atoms with van der Waals surface area (Å²) in [5.74, 6) is -1.35. The molecule has 0 aromatic heterocycles. The maximum atomic E-state index is 11.5. The normalized spacial score (nSPS) is 20.6. The van der Waals surface area contributed by atoms with E-state index in [0.717, 1.165) is 11.1 Å². The molecule has 1 saturated heterocycles. The lowest BCUT2D eigenvalue weighted by Gasteiger charge is -2.09. The Hall–Kier alpha value is -1.55. The van der Waals surface area contributed by atoms with Crippen LogP contribution >= 0.6 is 12.2 Å². The third kappa shape index (κ3) is 1.57. The molecule has 2 amide bonds. The molecule has 1 aliphatic heterocycles. The van der Waals surface area contributed by atoms with Crippen molar-refractivity contribution in [2.45, 2.75) is 12.8 Å². The number of aryl methyl sites for hydroxylation is 1. The fourth-order valence-electron chi connectivity index (χ4n) is 1.69. The monoisotopic (exact) mass is 219 g/mol. The van der Waals surface area contributed by atoms with Gasteiger partial charge in [0.05, 0.1) is 4.86 Å². The Morgan fingerprint density at radius 1 is 1.27 bits per heavy atom. The van der Waals surface area contributed by atoms with E-state index in [0.29, 0.717) is 0 Å². The highest BCUT2D eigenvalue weighted by Gasteiger charge is 2.38. The van der Waals surface area contributed by atoms with Gasteiger partial charge in [-0.15, -0.1) is 0 Å². The predicted molar refractivity (Wildman–Crippen MR) is 59.7 cm³/mol. The molecule has 0 saturated carbocycles. The van der Waals surface area contributed by atoms with Crippen LogP contribution < -0.4 is 5.32 Å². The molecule has 15 heavy (non-hydrogen) atoms. The van der Waals surface area contributed by atoms with Crippen molar-refractivity contribution in [3.8, 4) is 0 Å². The highest BCUT2D eigenvalue weighted by Crippen LogP contribution is 2.25. The predicted octanol–water partition coefficient (Wildman–Crippen LogP) is 1.10. The van der Waals surface area contributed by atoms with E-state index in [1.165, 1.54) is 0 Å². The summed E-state index contributed by atoms with van der Waals surface area (Å²) >= 11 is 4.95. The van der Waals surface area contributed by atoms with Crippen LogP contribution in [0.3, 0.4) is 0 Å². The average molecular weight is 219 g/mol. The van der Waals surface area contributed by atoms with Crippen LogP contribution in [0.5, 0.6) is 0 Å². The van der Waals surface area contributed by atoms with Crippen molar-refractivity contribution in [1.82, 2.24) is 5.32 Å². The van der Waals surface area contributed by atoms with E-state index in [1.54, 1.807) is 0 Å². The number of benzene rings is 1. The first-order valence-electron chi connectivity index (χ1n) is 4.56. The topological polar surface area (TPSA) is 46.2 Å². The molecular weight excluding hydrogens is 210 g/mol. The lowest BCUT2D eigenvalue weighted by Crippen LogP contribution is -2.21.